The van der Waals surface area contributed by atoms with E-state index in [4.69, 9.17) is 10.2 Å². The molecule has 62 valence electrons. The van der Waals surface area contributed by atoms with Crippen LogP contribution in [0.3, 0.4) is 0 Å². The third kappa shape index (κ3) is 25.9. The van der Waals surface area contributed by atoms with Gasteiger partial charge in [0.25, 0.3) is 0 Å². The molecule has 0 radical (unpaired) electrons. The zero-order chi connectivity index (χ0) is 8.24. The molecule has 0 bridgehead atoms. The summed E-state index contributed by atoms with van der Waals surface area (Å²) in [6.45, 7) is 4.47. The van der Waals surface area contributed by atoms with E-state index in [1.54, 1.807) is 0 Å². The molecule has 0 saturated heterocycles. The van der Waals surface area contributed by atoms with Crippen molar-refractivity contribution in [3.8, 4) is 0 Å². The molecule has 0 aromatic rings. The molecule has 2 heteroatoms. The normalized spacial score (nSPS) is 9.10. The maximum atomic E-state index is 8.04. The van der Waals surface area contributed by atoms with Crippen molar-refractivity contribution >= 4 is 0 Å². The molecule has 0 rings (SSSR count). The predicted molar refractivity (Wildman–Crippen MR) is 44.1 cm³/mol. The topological polar surface area (TPSA) is 40.5 Å². The molecule has 0 aliphatic rings. The van der Waals surface area contributed by atoms with Crippen molar-refractivity contribution in [2.24, 2.45) is 0 Å². The Balaban J connectivity index is 0. The molecule has 0 aromatic carbocycles. The lowest BCUT2D eigenvalue weighted by Crippen LogP contribution is -1.73. The lowest BCUT2D eigenvalue weighted by Gasteiger charge is -1.76. The van der Waals surface area contributed by atoms with Gasteiger partial charge in [-0.2, -0.15) is 0 Å². The van der Waals surface area contributed by atoms with Crippen LogP contribution in [0.15, 0.2) is 12.3 Å². The Labute approximate surface area is 63.2 Å². The van der Waals surface area contributed by atoms with Crippen molar-refractivity contribution in [1.82, 2.24) is 0 Å². The van der Waals surface area contributed by atoms with E-state index >= 15 is 0 Å². The van der Waals surface area contributed by atoms with Crippen LogP contribution in [0, 0.1) is 0 Å². The van der Waals surface area contributed by atoms with Crippen LogP contribution in [0.4, 0.5) is 0 Å². The average Bonchev–Trinajstić information content (AvgIpc) is 2.01. The standard InChI is InChI=1S/C4H8O2.C4H10/c5-3-1-2-4-6;1-3-4-2/h1,3,5-6H,2,4H2;3-4H2,1-2H3. The Morgan fingerprint density at radius 2 is 1.70 bits per heavy atom. The van der Waals surface area contributed by atoms with E-state index in [2.05, 4.69) is 13.8 Å². The molecule has 0 heterocycles. The Morgan fingerprint density at radius 3 is 1.80 bits per heavy atom. The zero-order valence-electron chi connectivity index (χ0n) is 6.88. The highest BCUT2D eigenvalue weighted by Crippen LogP contribution is 1.76. The molecule has 0 aliphatic carbocycles. The molecule has 2 N–H and O–H groups in total. The number of aliphatic hydroxyl groups excluding tert-OH is 2. The molecular weight excluding hydrogens is 128 g/mol. The highest BCUT2D eigenvalue weighted by atomic mass is 16.3. The third-order valence-electron chi connectivity index (χ3n) is 0.901. The van der Waals surface area contributed by atoms with Crippen molar-refractivity contribution in [2.75, 3.05) is 6.61 Å². The number of hydrogen-bond donors (Lipinski definition) is 2. The fourth-order valence-electron chi connectivity index (χ4n) is 0.149. The van der Waals surface area contributed by atoms with Crippen LogP contribution in [-0.2, 0) is 0 Å². The van der Waals surface area contributed by atoms with Crippen molar-refractivity contribution in [1.29, 1.82) is 0 Å². The fourth-order valence-corrected chi connectivity index (χ4v) is 0.149. The van der Waals surface area contributed by atoms with Crippen molar-refractivity contribution in [3.63, 3.8) is 0 Å². The Hall–Kier alpha value is -0.500. The second-order valence-electron chi connectivity index (χ2n) is 1.90. The van der Waals surface area contributed by atoms with Crippen LogP contribution in [0.1, 0.15) is 33.1 Å². The molecule has 0 atom stereocenters. The molecule has 10 heavy (non-hydrogen) atoms. The van der Waals surface area contributed by atoms with Gasteiger partial charge >= 0.3 is 0 Å². The van der Waals surface area contributed by atoms with E-state index in [1.807, 2.05) is 0 Å². The van der Waals surface area contributed by atoms with Gasteiger partial charge in [0, 0.05) is 6.61 Å². The van der Waals surface area contributed by atoms with Gasteiger partial charge in [0.15, 0.2) is 0 Å². The van der Waals surface area contributed by atoms with Crippen LogP contribution in [0.25, 0.3) is 0 Å². The molecule has 0 aliphatic heterocycles. The minimum absolute atomic E-state index is 0.108. The minimum Gasteiger partial charge on any atom is -0.516 e. The quantitative estimate of drug-likeness (QED) is 0.599. The Kier molecular flexibility index (Phi) is 19.3. The fraction of sp³-hybridized carbons (Fsp3) is 0.750. The van der Waals surface area contributed by atoms with Crippen LogP contribution in [0.2, 0.25) is 0 Å². The first-order valence-electron chi connectivity index (χ1n) is 3.73. The second-order valence-corrected chi connectivity index (χ2v) is 1.90. The maximum absolute atomic E-state index is 8.04. The van der Waals surface area contributed by atoms with E-state index in [0.29, 0.717) is 6.42 Å². The summed E-state index contributed by atoms with van der Waals surface area (Å²) in [7, 11) is 0. The maximum Gasteiger partial charge on any atom is 0.0752 e. The van der Waals surface area contributed by atoms with E-state index < -0.39 is 0 Å². The first kappa shape index (κ1) is 12.2. The first-order chi connectivity index (χ1) is 4.83. The van der Waals surface area contributed by atoms with Gasteiger partial charge in [-0.1, -0.05) is 26.7 Å². The lowest BCUT2D eigenvalue weighted by molar-refractivity contribution is 0.301. The summed E-state index contributed by atoms with van der Waals surface area (Å²) in [6.07, 6.45) is 5.59. The smallest absolute Gasteiger partial charge is 0.0752 e. The first-order valence-corrected chi connectivity index (χ1v) is 3.73. The van der Waals surface area contributed by atoms with Gasteiger partial charge in [-0.3, -0.25) is 0 Å². The van der Waals surface area contributed by atoms with Crippen molar-refractivity contribution < 1.29 is 10.2 Å². The van der Waals surface area contributed by atoms with E-state index in [0.717, 1.165) is 6.26 Å². The number of aliphatic hydroxyl groups is 2. The molecule has 0 unspecified atom stereocenters. The van der Waals surface area contributed by atoms with Gasteiger partial charge in [0.05, 0.1) is 6.26 Å². The van der Waals surface area contributed by atoms with Gasteiger partial charge < -0.3 is 10.2 Å². The summed E-state index contributed by atoms with van der Waals surface area (Å²) in [4.78, 5) is 0. The minimum atomic E-state index is 0.108. The molecule has 2 nitrogen and oxygen atoms in total. The second kappa shape index (κ2) is 15.8. The summed E-state index contributed by atoms with van der Waals surface area (Å²) in [5.41, 5.74) is 0. The molecule has 0 fully saturated rings. The van der Waals surface area contributed by atoms with Gasteiger partial charge in [-0.25, -0.2) is 0 Å². The SMILES string of the molecule is CCCC.OC=CCCO. The lowest BCUT2D eigenvalue weighted by atomic mass is 10.4. The van der Waals surface area contributed by atoms with Gasteiger partial charge in [-0.15, -0.1) is 0 Å². The number of hydrogen-bond acceptors (Lipinski definition) is 2. The average molecular weight is 146 g/mol. The van der Waals surface area contributed by atoms with Gasteiger partial charge in [0.1, 0.15) is 0 Å². The van der Waals surface area contributed by atoms with Crippen LogP contribution in [-0.4, -0.2) is 16.8 Å². The third-order valence-corrected chi connectivity index (χ3v) is 0.901. The van der Waals surface area contributed by atoms with Gasteiger partial charge in [0.2, 0.25) is 0 Å². The van der Waals surface area contributed by atoms with E-state index in [-0.39, 0.29) is 6.61 Å². The van der Waals surface area contributed by atoms with Gasteiger partial charge in [-0.05, 0) is 12.5 Å². The molecule has 0 spiro atoms. The summed E-state index contributed by atoms with van der Waals surface area (Å²) in [5.74, 6) is 0. The van der Waals surface area contributed by atoms with Crippen LogP contribution >= 0.6 is 0 Å². The summed E-state index contributed by atoms with van der Waals surface area (Å²) < 4.78 is 0. The van der Waals surface area contributed by atoms with E-state index in [1.165, 1.54) is 18.9 Å². The van der Waals surface area contributed by atoms with Crippen molar-refractivity contribution in [2.45, 2.75) is 33.1 Å². The summed E-state index contributed by atoms with van der Waals surface area (Å²) >= 11 is 0. The largest absolute Gasteiger partial charge is 0.516 e. The summed E-state index contributed by atoms with van der Waals surface area (Å²) in [5, 5.41) is 15.9. The summed E-state index contributed by atoms with van der Waals surface area (Å²) in [6, 6.07) is 0. The Bertz CT molecular complexity index is 58.3. The Morgan fingerprint density at radius 1 is 1.20 bits per heavy atom. The molecule has 0 aromatic heterocycles. The zero-order valence-corrected chi connectivity index (χ0v) is 6.88. The van der Waals surface area contributed by atoms with Crippen LogP contribution < -0.4 is 0 Å². The molecular formula is C8H18O2. The number of unbranched alkanes of at least 4 members (excludes halogenated alkanes) is 1. The monoisotopic (exact) mass is 146 g/mol. The highest BCUT2D eigenvalue weighted by Gasteiger charge is 1.67. The molecule has 0 amide bonds. The predicted octanol–water partition coefficient (Wildman–Crippen LogP) is 2.25. The highest BCUT2D eigenvalue weighted by molar-refractivity contribution is 4.69. The van der Waals surface area contributed by atoms with Crippen molar-refractivity contribution in [3.05, 3.63) is 12.3 Å². The van der Waals surface area contributed by atoms with E-state index in [9.17, 15) is 0 Å². The number of rotatable bonds is 3. The molecule has 0 saturated carbocycles. The van der Waals surface area contributed by atoms with Crippen LogP contribution in [0.5, 0.6) is 0 Å².